The first-order chi connectivity index (χ1) is 6.99. The van der Waals surface area contributed by atoms with E-state index in [1.54, 1.807) is 6.92 Å². The molecule has 0 aliphatic rings. The van der Waals surface area contributed by atoms with Crippen molar-refractivity contribution in [3.63, 3.8) is 0 Å². The third kappa shape index (κ3) is 2.75. The van der Waals surface area contributed by atoms with Gasteiger partial charge in [0.25, 0.3) is 0 Å². The number of thiol groups is 1. The minimum atomic E-state index is -2.64. The number of halogens is 3. The molecule has 15 heavy (non-hydrogen) atoms. The maximum atomic E-state index is 11.0. The molecule has 0 aromatic carbocycles. The minimum absolute atomic E-state index is 0.0615. The molecule has 0 N–H and O–H groups in total. The van der Waals surface area contributed by atoms with Gasteiger partial charge in [0.1, 0.15) is 15.9 Å². The van der Waals surface area contributed by atoms with Crippen LogP contribution in [0.5, 0.6) is 0 Å². The van der Waals surface area contributed by atoms with Crippen LogP contribution in [0.3, 0.4) is 0 Å². The van der Waals surface area contributed by atoms with Crippen LogP contribution in [-0.2, 0) is 10.7 Å². The van der Waals surface area contributed by atoms with E-state index >= 15 is 0 Å². The summed E-state index contributed by atoms with van der Waals surface area (Å²) in [7, 11) is -2.64. The number of nitrogens with zero attached hydrogens (tertiary/aromatic N) is 1. The number of hydrogen-bond donors (Lipinski definition) is 1. The molecule has 0 amide bonds. The predicted octanol–water partition coefficient (Wildman–Crippen LogP) is 3.10. The van der Waals surface area contributed by atoms with Crippen molar-refractivity contribution in [2.75, 3.05) is 0 Å². The average Bonchev–Trinajstić information content (AvgIpc) is 2.18. The van der Waals surface area contributed by atoms with Gasteiger partial charge in [0.05, 0.1) is 15.3 Å². The van der Waals surface area contributed by atoms with Crippen LogP contribution < -0.4 is 0 Å². The fourth-order valence-corrected chi connectivity index (χ4v) is 2.91. The van der Waals surface area contributed by atoms with Crippen molar-refractivity contribution in [3.05, 3.63) is 27.0 Å². The first-order valence-corrected chi connectivity index (χ1v) is 6.50. The largest absolute Gasteiger partial charge is 0.241 e. The molecule has 0 fully saturated rings. The summed E-state index contributed by atoms with van der Waals surface area (Å²) < 4.78 is 22.0. The zero-order valence-electron chi connectivity index (χ0n) is 7.71. The highest BCUT2D eigenvalue weighted by atomic mass is 35.5. The summed E-state index contributed by atoms with van der Waals surface area (Å²) in [5.74, 6) is 0. The van der Waals surface area contributed by atoms with Crippen LogP contribution >= 0.6 is 34.8 Å². The number of hydrogen-bond acceptors (Lipinski definition) is 3. The van der Waals surface area contributed by atoms with Gasteiger partial charge < -0.3 is 0 Å². The van der Waals surface area contributed by atoms with Gasteiger partial charge in [0, 0.05) is 11.8 Å². The molecule has 84 valence electrons. The van der Waals surface area contributed by atoms with E-state index in [0.29, 0.717) is 12.0 Å². The quantitative estimate of drug-likeness (QED) is 0.687. The van der Waals surface area contributed by atoms with Gasteiger partial charge in [-0.25, -0.2) is 13.4 Å². The second-order valence-electron chi connectivity index (χ2n) is 2.83. The molecular weight excluding hydrogens is 281 g/mol. The fourth-order valence-electron chi connectivity index (χ4n) is 1.22. The number of pyridine rings is 1. The lowest BCUT2D eigenvalue weighted by Gasteiger charge is -2.12. The van der Waals surface area contributed by atoms with E-state index < -0.39 is 16.0 Å². The standard InChI is InChI=1S/C8H8Cl3NO2S/c1-2-5(15(13)14)6-4(9)3-12-8(11)7(6)10/h3,5,15H,2H2,1H3. The van der Waals surface area contributed by atoms with Crippen molar-refractivity contribution < 1.29 is 8.42 Å². The van der Waals surface area contributed by atoms with Gasteiger partial charge in [-0.05, 0) is 6.42 Å². The molecule has 1 aromatic rings. The van der Waals surface area contributed by atoms with Crippen molar-refractivity contribution in [2.45, 2.75) is 18.6 Å². The first kappa shape index (κ1) is 13.0. The summed E-state index contributed by atoms with van der Waals surface area (Å²) in [5.41, 5.74) is 0.331. The van der Waals surface area contributed by atoms with Gasteiger partial charge >= 0.3 is 0 Å². The summed E-state index contributed by atoms with van der Waals surface area (Å²) in [5, 5.41) is -0.336. The molecule has 0 radical (unpaired) electrons. The summed E-state index contributed by atoms with van der Waals surface area (Å²) in [6.45, 7) is 1.73. The van der Waals surface area contributed by atoms with Gasteiger partial charge in [-0.2, -0.15) is 0 Å². The van der Waals surface area contributed by atoms with Crippen molar-refractivity contribution in [3.8, 4) is 0 Å². The van der Waals surface area contributed by atoms with E-state index in [0.717, 1.165) is 0 Å². The Kier molecular flexibility index (Phi) is 4.64. The van der Waals surface area contributed by atoms with Crippen molar-refractivity contribution in [1.29, 1.82) is 0 Å². The predicted molar refractivity (Wildman–Crippen MR) is 62.6 cm³/mol. The van der Waals surface area contributed by atoms with E-state index in [4.69, 9.17) is 34.8 Å². The topological polar surface area (TPSA) is 47.0 Å². The summed E-state index contributed by atoms with van der Waals surface area (Å²) in [4.78, 5) is 3.72. The molecule has 1 heterocycles. The normalized spacial score (nSPS) is 13.1. The molecule has 0 aliphatic carbocycles. The minimum Gasteiger partial charge on any atom is -0.241 e. The van der Waals surface area contributed by atoms with Gasteiger partial charge in [0.15, 0.2) is 0 Å². The molecule has 0 saturated carbocycles. The Bertz CT molecular complexity index is 440. The van der Waals surface area contributed by atoms with Gasteiger partial charge in [0.2, 0.25) is 0 Å². The van der Waals surface area contributed by atoms with Crippen molar-refractivity contribution in [2.24, 2.45) is 0 Å². The van der Waals surface area contributed by atoms with Crippen LogP contribution in [0, 0.1) is 0 Å². The molecule has 0 spiro atoms. The lowest BCUT2D eigenvalue weighted by molar-refractivity contribution is 0.599. The van der Waals surface area contributed by atoms with Crippen molar-refractivity contribution in [1.82, 2.24) is 4.98 Å². The van der Waals surface area contributed by atoms with E-state index in [9.17, 15) is 8.42 Å². The summed E-state index contributed by atoms with van der Waals surface area (Å²) in [6, 6.07) is 0. The molecule has 0 bridgehead atoms. The SMILES string of the molecule is CCC(c1c(Cl)cnc(Cl)c1Cl)[SH](=O)=O. The molecule has 0 saturated heterocycles. The molecule has 7 heteroatoms. The third-order valence-electron chi connectivity index (χ3n) is 1.94. The van der Waals surface area contributed by atoms with Gasteiger partial charge in [-0.1, -0.05) is 41.7 Å². The molecule has 0 aliphatic heterocycles. The van der Waals surface area contributed by atoms with E-state index in [1.165, 1.54) is 6.20 Å². The lowest BCUT2D eigenvalue weighted by atomic mass is 10.1. The highest BCUT2D eigenvalue weighted by Crippen LogP contribution is 2.36. The maximum Gasteiger partial charge on any atom is 0.148 e. The second-order valence-corrected chi connectivity index (χ2v) is 5.17. The van der Waals surface area contributed by atoms with E-state index in [-0.39, 0.29) is 15.2 Å². The van der Waals surface area contributed by atoms with Gasteiger partial charge in [-0.15, -0.1) is 0 Å². The van der Waals surface area contributed by atoms with Crippen LogP contribution in [0.15, 0.2) is 6.20 Å². The monoisotopic (exact) mass is 287 g/mol. The third-order valence-corrected chi connectivity index (χ3v) is 4.14. The Balaban J connectivity index is 3.40. The molecule has 3 nitrogen and oxygen atoms in total. The van der Waals surface area contributed by atoms with Crippen LogP contribution in [0.1, 0.15) is 24.2 Å². The smallest absolute Gasteiger partial charge is 0.148 e. The van der Waals surface area contributed by atoms with Crippen LogP contribution in [0.25, 0.3) is 0 Å². The van der Waals surface area contributed by atoms with Gasteiger partial charge in [-0.3, -0.25) is 0 Å². The lowest BCUT2D eigenvalue weighted by Crippen LogP contribution is -2.02. The van der Waals surface area contributed by atoms with Crippen LogP contribution in [-0.4, -0.2) is 13.4 Å². The Morgan fingerprint density at radius 3 is 2.47 bits per heavy atom. The second kappa shape index (κ2) is 5.34. The van der Waals surface area contributed by atoms with Crippen LogP contribution in [0.2, 0.25) is 15.2 Å². The molecule has 1 aromatic heterocycles. The molecule has 1 atom stereocenters. The average molecular weight is 289 g/mol. The molecular formula is C8H8Cl3NO2S. The zero-order valence-corrected chi connectivity index (χ0v) is 10.9. The zero-order chi connectivity index (χ0) is 11.6. The van der Waals surface area contributed by atoms with E-state index in [2.05, 4.69) is 4.98 Å². The first-order valence-electron chi connectivity index (χ1n) is 4.11. The summed E-state index contributed by atoms with van der Waals surface area (Å²) in [6.07, 6.45) is 1.69. The Morgan fingerprint density at radius 2 is 2.00 bits per heavy atom. The number of rotatable bonds is 3. The Hall–Kier alpha value is -0.0300. The van der Waals surface area contributed by atoms with Crippen molar-refractivity contribution >= 4 is 45.5 Å². The molecule has 1 rings (SSSR count). The van der Waals surface area contributed by atoms with E-state index in [1.807, 2.05) is 0 Å². The fraction of sp³-hybridized carbons (Fsp3) is 0.375. The molecule has 1 unspecified atom stereocenters. The maximum absolute atomic E-state index is 11.0. The Morgan fingerprint density at radius 1 is 1.40 bits per heavy atom. The number of aromatic nitrogens is 1. The Labute approximate surface area is 104 Å². The highest BCUT2D eigenvalue weighted by Gasteiger charge is 2.21. The highest BCUT2D eigenvalue weighted by molar-refractivity contribution is 7.72. The summed E-state index contributed by atoms with van der Waals surface area (Å²) >= 11 is 17.4. The van der Waals surface area contributed by atoms with Crippen LogP contribution in [0.4, 0.5) is 0 Å².